The Morgan fingerprint density at radius 2 is 2.35 bits per heavy atom. The monoisotopic (exact) mass is 269 g/mol. The molecular formula is C14H23NS2. The summed E-state index contributed by atoms with van der Waals surface area (Å²) >= 11 is 3.89. The molecule has 0 spiro atoms. The van der Waals surface area contributed by atoms with E-state index in [9.17, 15) is 0 Å². The average Bonchev–Trinajstić information content (AvgIpc) is 2.68. The maximum absolute atomic E-state index is 3.80. The van der Waals surface area contributed by atoms with Gasteiger partial charge in [0.05, 0.1) is 0 Å². The van der Waals surface area contributed by atoms with E-state index < -0.39 is 0 Å². The summed E-state index contributed by atoms with van der Waals surface area (Å²) in [4.78, 5) is 0. The van der Waals surface area contributed by atoms with Crippen molar-refractivity contribution in [1.82, 2.24) is 5.32 Å². The minimum Gasteiger partial charge on any atom is -0.310 e. The van der Waals surface area contributed by atoms with E-state index in [1.165, 1.54) is 23.5 Å². The molecule has 2 atom stereocenters. The van der Waals surface area contributed by atoms with Crippen LogP contribution in [0.15, 0.2) is 16.8 Å². The molecule has 0 aliphatic carbocycles. The maximum Gasteiger partial charge on any atom is 0.0166 e. The molecule has 17 heavy (non-hydrogen) atoms. The second-order valence-corrected chi connectivity index (χ2v) is 7.79. The van der Waals surface area contributed by atoms with Crippen molar-refractivity contribution in [3.8, 4) is 0 Å². The molecule has 1 fully saturated rings. The molecule has 1 aliphatic rings. The second-order valence-electron chi connectivity index (χ2n) is 5.98. The molecular weight excluding hydrogens is 246 g/mol. The van der Waals surface area contributed by atoms with Crippen LogP contribution in [-0.4, -0.2) is 23.6 Å². The van der Waals surface area contributed by atoms with E-state index >= 15 is 0 Å². The molecule has 1 aromatic rings. The fourth-order valence-electron chi connectivity index (χ4n) is 2.59. The number of rotatable bonds is 4. The van der Waals surface area contributed by atoms with Gasteiger partial charge in [-0.05, 0) is 53.3 Å². The van der Waals surface area contributed by atoms with Crippen LogP contribution in [0.1, 0.15) is 32.8 Å². The van der Waals surface area contributed by atoms with Crippen LogP contribution in [0.4, 0.5) is 0 Å². The second kappa shape index (κ2) is 5.77. The molecule has 2 rings (SSSR count). The van der Waals surface area contributed by atoms with Gasteiger partial charge in [-0.3, -0.25) is 0 Å². The largest absolute Gasteiger partial charge is 0.310 e. The Balaban J connectivity index is 1.80. The van der Waals surface area contributed by atoms with Crippen LogP contribution in [0.25, 0.3) is 0 Å². The first-order valence-corrected chi connectivity index (χ1v) is 8.50. The predicted octanol–water partition coefficient (Wildman–Crippen LogP) is 3.80. The standard InChI is InChI=1S/C14H23NS2/c1-11(6-12-4-5-16-8-12)15-13-7-14(2,3)10-17-9-13/h4-5,8,11,13,15H,6-7,9-10H2,1-3H3. The Kier molecular flexibility index (Phi) is 4.56. The van der Waals surface area contributed by atoms with Gasteiger partial charge in [-0.15, -0.1) is 0 Å². The lowest BCUT2D eigenvalue weighted by Gasteiger charge is -2.36. The van der Waals surface area contributed by atoms with Crippen LogP contribution in [0, 0.1) is 5.41 Å². The number of hydrogen-bond donors (Lipinski definition) is 1. The number of nitrogens with one attached hydrogen (secondary N) is 1. The topological polar surface area (TPSA) is 12.0 Å². The minimum atomic E-state index is 0.503. The summed E-state index contributed by atoms with van der Waals surface area (Å²) in [7, 11) is 0. The Labute approximate surface area is 113 Å². The zero-order valence-electron chi connectivity index (χ0n) is 11.0. The van der Waals surface area contributed by atoms with Gasteiger partial charge < -0.3 is 5.32 Å². The Morgan fingerprint density at radius 1 is 1.53 bits per heavy atom. The van der Waals surface area contributed by atoms with Crippen LogP contribution in [0.2, 0.25) is 0 Å². The minimum absolute atomic E-state index is 0.503. The first-order valence-electron chi connectivity index (χ1n) is 6.40. The van der Waals surface area contributed by atoms with Crippen LogP contribution in [0.5, 0.6) is 0 Å². The maximum atomic E-state index is 3.80. The zero-order valence-corrected chi connectivity index (χ0v) is 12.7. The molecule has 1 aliphatic heterocycles. The average molecular weight is 269 g/mol. The molecule has 0 radical (unpaired) electrons. The molecule has 1 aromatic heterocycles. The normalized spacial score (nSPS) is 25.7. The molecule has 96 valence electrons. The highest BCUT2D eigenvalue weighted by Gasteiger charge is 2.28. The Hall–Kier alpha value is 0.01000. The van der Waals surface area contributed by atoms with Crippen molar-refractivity contribution >= 4 is 23.1 Å². The molecule has 1 nitrogen and oxygen atoms in total. The fourth-order valence-corrected chi connectivity index (χ4v) is 4.56. The van der Waals surface area contributed by atoms with Gasteiger partial charge in [0.1, 0.15) is 0 Å². The molecule has 1 N–H and O–H groups in total. The van der Waals surface area contributed by atoms with Crippen molar-refractivity contribution in [2.45, 2.75) is 45.7 Å². The summed E-state index contributed by atoms with van der Waals surface area (Å²) in [5.74, 6) is 2.58. The molecule has 0 aromatic carbocycles. The van der Waals surface area contributed by atoms with Gasteiger partial charge in [0.25, 0.3) is 0 Å². The summed E-state index contributed by atoms with van der Waals surface area (Å²) < 4.78 is 0. The summed E-state index contributed by atoms with van der Waals surface area (Å²) in [6, 6.07) is 3.52. The number of thioether (sulfide) groups is 1. The molecule has 2 heterocycles. The molecule has 0 amide bonds. The fraction of sp³-hybridized carbons (Fsp3) is 0.714. The van der Waals surface area contributed by atoms with Gasteiger partial charge in [0, 0.05) is 17.8 Å². The van der Waals surface area contributed by atoms with Gasteiger partial charge in [0.15, 0.2) is 0 Å². The van der Waals surface area contributed by atoms with Gasteiger partial charge in [-0.2, -0.15) is 23.1 Å². The van der Waals surface area contributed by atoms with E-state index in [0.29, 0.717) is 17.5 Å². The summed E-state index contributed by atoms with van der Waals surface area (Å²) in [5, 5.41) is 8.23. The van der Waals surface area contributed by atoms with Gasteiger partial charge >= 0.3 is 0 Å². The first kappa shape index (κ1) is 13.4. The van der Waals surface area contributed by atoms with E-state index in [-0.39, 0.29) is 0 Å². The van der Waals surface area contributed by atoms with Crippen LogP contribution in [-0.2, 0) is 6.42 Å². The Bertz CT molecular complexity index is 332. The zero-order chi connectivity index (χ0) is 12.3. The molecule has 3 heteroatoms. The quantitative estimate of drug-likeness (QED) is 0.892. The third kappa shape index (κ3) is 4.31. The van der Waals surface area contributed by atoms with Crippen molar-refractivity contribution in [2.75, 3.05) is 11.5 Å². The van der Waals surface area contributed by atoms with E-state index in [2.05, 4.69) is 54.7 Å². The molecule has 1 saturated heterocycles. The van der Waals surface area contributed by atoms with Gasteiger partial charge in [0.2, 0.25) is 0 Å². The van der Waals surface area contributed by atoms with Crippen LogP contribution >= 0.6 is 23.1 Å². The number of hydrogen-bond acceptors (Lipinski definition) is 3. The van der Waals surface area contributed by atoms with E-state index in [1.54, 1.807) is 11.3 Å². The molecule has 0 bridgehead atoms. The third-order valence-electron chi connectivity index (χ3n) is 3.25. The van der Waals surface area contributed by atoms with Crippen molar-refractivity contribution in [1.29, 1.82) is 0 Å². The highest BCUT2D eigenvalue weighted by atomic mass is 32.2. The van der Waals surface area contributed by atoms with E-state index in [4.69, 9.17) is 0 Å². The predicted molar refractivity (Wildman–Crippen MR) is 80.1 cm³/mol. The van der Waals surface area contributed by atoms with Crippen molar-refractivity contribution in [2.24, 2.45) is 5.41 Å². The van der Waals surface area contributed by atoms with Crippen molar-refractivity contribution in [3.05, 3.63) is 22.4 Å². The van der Waals surface area contributed by atoms with Crippen molar-refractivity contribution in [3.63, 3.8) is 0 Å². The first-order chi connectivity index (χ1) is 8.05. The lowest BCUT2D eigenvalue weighted by Crippen LogP contribution is -2.44. The molecule has 0 saturated carbocycles. The van der Waals surface area contributed by atoms with E-state index in [1.807, 2.05) is 0 Å². The lowest BCUT2D eigenvalue weighted by molar-refractivity contribution is 0.303. The van der Waals surface area contributed by atoms with Crippen LogP contribution < -0.4 is 5.32 Å². The summed E-state index contributed by atoms with van der Waals surface area (Å²) in [6.07, 6.45) is 2.47. The SMILES string of the molecule is CC(Cc1ccsc1)NC1CSCC(C)(C)C1. The highest BCUT2D eigenvalue weighted by Crippen LogP contribution is 2.33. The van der Waals surface area contributed by atoms with Crippen molar-refractivity contribution < 1.29 is 0 Å². The highest BCUT2D eigenvalue weighted by molar-refractivity contribution is 7.99. The van der Waals surface area contributed by atoms with Gasteiger partial charge in [-0.25, -0.2) is 0 Å². The van der Waals surface area contributed by atoms with Crippen LogP contribution in [0.3, 0.4) is 0 Å². The number of thiophene rings is 1. The third-order valence-corrected chi connectivity index (χ3v) is 5.61. The summed E-state index contributed by atoms with van der Waals surface area (Å²) in [5.41, 5.74) is 1.97. The summed E-state index contributed by atoms with van der Waals surface area (Å²) in [6.45, 7) is 7.08. The molecule has 2 unspecified atom stereocenters. The van der Waals surface area contributed by atoms with Gasteiger partial charge in [-0.1, -0.05) is 13.8 Å². The Morgan fingerprint density at radius 3 is 3.00 bits per heavy atom. The lowest BCUT2D eigenvalue weighted by atomic mass is 9.87. The smallest absolute Gasteiger partial charge is 0.0166 e. The van der Waals surface area contributed by atoms with E-state index in [0.717, 1.165) is 6.42 Å².